The molecule has 4 nitrogen and oxygen atoms in total. The summed E-state index contributed by atoms with van der Waals surface area (Å²) in [7, 11) is 0. The molecule has 1 aliphatic rings. The van der Waals surface area contributed by atoms with E-state index in [2.05, 4.69) is 15.2 Å². The van der Waals surface area contributed by atoms with Crippen molar-refractivity contribution >= 4 is 28.9 Å². The van der Waals surface area contributed by atoms with Crippen molar-refractivity contribution in [3.8, 4) is 0 Å². The van der Waals surface area contributed by atoms with Gasteiger partial charge in [0.2, 0.25) is 0 Å². The van der Waals surface area contributed by atoms with E-state index in [1.807, 2.05) is 12.1 Å². The fourth-order valence-corrected chi connectivity index (χ4v) is 2.75. The van der Waals surface area contributed by atoms with E-state index in [0.717, 1.165) is 18.8 Å². The molecule has 114 valence electrons. The van der Waals surface area contributed by atoms with Gasteiger partial charge in [-0.25, -0.2) is 0 Å². The molecule has 1 aliphatic heterocycles. The van der Waals surface area contributed by atoms with Crippen molar-refractivity contribution in [2.45, 2.75) is 19.3 Å². The van der Waals surface area contributed by atoms with E-state index in [-0.39, 0.29) is 5.91 Å². The number of nitrogens with one attached hydrogen (secondary N) is 1. The van der Waals surface area contributed by atoms with Crippen molar-refractivity contribution in [2.24, 2.45) is 0 Å². The highest BCUT2D eigenvalue weighted by atomic mass is 35.5. The number of hydrogen-bond donors (Lipinski definition) is 1. The van der Waals surface area contributed by atoms with Gasteiger partial charge in [-0.05, 0) is 55.7 Å². The molecule has 0 unspecified atom stereocenters. The molecule has 1 saturated heterocycles. The van der Waals surface area contributed by atoms with Crippen LogP contribution in [0.1, 0.15) is 29.8 Å². The molecule has 1 aromatic heterocycles. The third-order valence-electron chi connectivity index (χ3n) is 3.80. The topological polar surface area (TPSA) is 45.2 Å². The third kappa shape index (κ3) is 3.57. The minimum absolute atomic E-state index is 0.207. The molecule has 1 N–H and O–H groups in total. The number of carbonyl (C=O) groups is 1. The summed E-state index contributed by atoms with van der Waals surface area (Å²) in [6.07, 6.45) is 5.38. The van der Waals surface area contributed by atoms with E-state index in [1.54, 1.807) is 30.5 Å². The number of halogens is 1. The number of carbonyl (C=O) groups excluding carboxylic acids is 1. The summed E-state index contributed by atoms with van der Waals surface area (Å²) >= 11 is 5.84. The maximum Gasteiger partial charge on any atom is 0.274 e. The van der Waals surface area contributed by atoms with Crippen molar-refractivity contribution in [1.29, 1.82) is 0 Å². The maximum atomic E-state index is 12.3. The zero-order valence-corrected chi connectivity index (χ0v) is 13.0. The fraction of sp³-hybridized carbons (Fsp3) is 0.294. The van der Waals surface area contributed by atoms with E-state index < -0.39 is 0 Å². The van der Waals surface area contributed by atoms with E-state index in [4.69, 9.17) is 11.6 Å². The summed E-state index contributed by atoms with van der Waals surface area (Å²) in [5.74, 6) is -0.207. The summed E-state index contributed by atoms with van der Waals surface area (Å²) in [6, 6.07) is 10.9. The molecule has 1 fully saturated rings. The van der Waals surface area contributed by atoms with E-state index >= 15 is 0 Å². The molecule has 0 spiro atoms. The molecule has 22 heavy (non-hydrogen) atoms. The standard InChI is InChI=1S/C17H18ClN3O/c18-13-4-6-14(7-5-13)20-17(22)16-12-15(8-9-19-16)21-10-2-1-3-11-21/h4-9,12H,1-3,10-11H2,(H,20,22). The van der Waals surface area contributed by atoms with Crippen LogP contribution in [-0.4, -0.2) is 24.0 Å². The van der Waals surface area contributed by atoms with Crippen LogP contribution in [0.25, 0.3) is 0 Å². The van der Waals surface area contributed by atoms with Gasteiger partial charge in [0.1, 0.15) is 5.69 Å². The molecule has 0 aliphatic carbocycles. The summed E-state index contributed by atoms with van der Waals surface area (Å²) in [5.41, 5.74) is 2.20. The number of pyridine rings is 1. The Morgan fingerprint density at radius 1 is 1.09 bits per heavy atom. The second kappa shape index (κ2) is 6.79. The zero-order chi connectivity index (χ0) is 15.4. The lowest BCUT2D eigenvalue weighted by Crippen LogP contribution is -2.29. The number of benzene rings is 1. The van der Waals surface area contributed by atoms with E-state index in [9.17, 15) is 4.79 Å². The van der Waals surface area contributed by atoms with Gasteiger partial charge in [-0.1, -0.05) is 11.6 Å². The second-order valence-corrected chi connectivity index (χ2v) is 5.84. The van der Waals surface area contributed by atoms with Crippen LogP contribution in [0.3, 0.4) is 0 Å². The van der Waals surface area contributed by atoms with Gasteiger partial charge >= 0.3 is 0 Å². The molecule has 0 radical (unpaired) electrons. The third-order valence-corrected chi connectivity index (χ3v) is 4.05. The van der Waals surface area contributed by atoms with Gasteiger partial charge in [0.25, 0.3) is 5.91 Å². The molecule has 0 saturated carbocycles. The molecular weight excluding hydrogens is 298 g/mol. The quantitative estimate of drug-likeness (QED) is 0.932. The Bertz CT molecular complexity index is 651. The van der Waals surface area contributed by atoms with Gasteiger partial charge in [0.05, 0.1) is 0 Å². The van der Waals surface area contributed by atoms with Crippen LogP contribution >= 0.6 is 11.6 Å². The van der Waals surface area contributed by atoms with Crippen LogP contribution in [0.2, 0.25) is 5.02 Å². The molecule has 1 aromatic carbocycles. The van der Waals surface area contributed by atoms with Gasteiger partial charge < -0.3 is 10.2 Å². The summed E-state index contributed by atoms with van der Waals surface area (Å²) < 4.78 is 0. The molecule has 3 rings (SSSR count). The first-order valence-electron chi connectivity index (χ1n) is 7.50. The van der Waals surface area contributed by atoms with Gasteiger partial charge in [0, 0.05) is 35.7 Å². The van der Waals surface area contributed by atoms with Gasteiger partial charge in [0.15, 0.2) is 0 Å². The number of amides is 1. The number of aromatic nitrogens is 1. The number of hydrogen-bond acceptors (Lipinski definition) is 3. The van der Waals surface area contributed by atoms with Crippen molar-refractivity contribution in [2.75, 3.05) is 23.3 Å². The molecule has 2 heterocycles. The molecule has 5 heteroatoms. The smallest absolute Gasteiger partial charge is 0.274 e. The molecule has 1 amide bonds. The van der Waals surface area contributed by atoms with E-state index in [0.29, 0.717) is 16.4 Å². The Morgan fingerprint density at radius 3 is 2.55 bits per heavy atom. The first-order chi connectivity index (χ1) is 10.7. The summed E-state index contributed by atoms with van der Waals surface area (Å²) in [6.45, 7) is 2.09. The largest absolute Gasteiger partial charge is 0.371 e. The predicted molar refractivity (Wildman–Crippen MR) is 89.7 cm³/mol. The zero-order valence-electron chi connectivity index (χ0n) is 12.3. The van der Waals surface area contributed by atoms with Crippen molar-refractivity contribution in [3.63, 3.8) is 0 Å². The Hall–Kier alpha value is -2.07. The molecule has 2 aromatic rings. The summed E-state index contributed by atoms with van der Waals surface area (Å²) in [5, 5.41) is 3.48. The maximum absolute atomic E-state index is 12.3. The van der Waals surface area contributed by atoms with Gasteiger partial charge in [-0.2, -0.15) is 0 Å². The van der Waals surface area contributed by atoms with Crippen LogP contribution in [-0.2, 0) is 0 Å². The van der Waals surface area contributed by atoms with Crippen LogP contribution in [0.4, 0.5) is 11.4 Å². The average molecular weight is 316 g/mol. The Kier molecular flexibility index (Phi) is 4.59. The van der Waals surface area contributed by atoms with Crippen molar-refractivity contribution < 1.29 is 4.79 Å². The lowest BCUT2D eigenvalue weighted by atomic mass is 10.1. The number of nitrogens with zero attached hydrogens (tertiary/aromatic N) is 2. The number of piperidine rings is 1. The Labute approximate surface area is 135 Å². The first kappa shape index (κ1) is 14.9. The van der Waals surface area contributed by atoms with Crippen LogP contribution in [0.15, 0.2) is 42.6 Å². The number of rotatable bonds is 3. The Balaban J connectivity index is 1.73. The van der Waals surface area contributed by atoms with Crippen LogP contribution in [0, 0.1) is 0 Å². The highest BCUT2D eigenvalue weighted by Gasteiger charge is 2.14. The summed E-state index contributed by atoms with van der Waals surface area (Å²) in [4.78, 5) is 18.8. The average Bonchev–Trinajstić information content (AvgIpc) is 2.58. The minimum Gasteiger partial charge on any atom is -0.371 e. The second-order valence-electron chi connectivity index (χ2n) is 5.41. The lowest BCUT2D eigenvalue weighted by Gasteiger charge is -2.28. The van der Waals surface area contributed by atoms with Crippen molar-refractivity contribution in [3.05, 3.63) is 53.3 Å². The SMILES string of the molecule is O=C(Nc1ccc(Cl)cc1)c1cc(N2CCCCC2)ccn1. The molecule has 0 atom stereocenters. The highest BCUT2D eigenvalue weighted by molar-refractivity contribution is 6.30. The predicted octanol–water partition coefficient (Wildman–Crippen LogP) is 3.98. The normalized spacial score (nSPS) is 14.7. The fourth-order valence-electron chi connectivity index (χ4n) is 2.62. The van der Waals surface area contributed by atoms with Crippen LogP contribution in [0.5, 0.6) is 0 Å². The monoisotopic (exact) mass is 315 g/mol. The minimum atomic E-state index is -0.207. The highest BCUT2D eigenvalue weighted by Crippen LogP contribution is 2.20. The first-order valence-corrected chi connectivity index (χ1v) is 7.88. The Morgan fingerprint density at radius 2 is 1.82 bits per heavy atom. The molecular formula is C17H18ClN3O. The van der Waals surface area contributed by atoms with Crippen molar-refractivity contribution in [1.82, 2.24) is 4.98 Å². The van der Waals surface area contributed by atoms with E-state index in [1.165, 1.54) is 19.3 Å². The lowest BCUT2D eigenvalue weighted by molar-refractivity contribution is 0.102. The van der Waals surface area contributed by atoms with Gasteiger partial charge in [-0.3, -0.25) is 9.78 Å². The molecule has 0 bridgehead atoms. The van der Waals surface area contributed by atoms with Crippen LogP contribution < -0.4 is 10.2 Å². The van der Waals surface area contributed by atoms with Gasteiger partial charge in [-0.15, -0.1) is 0 Å². The number of anilines is 2.